The molecule has 96 valence electrons. The van der Waals surface area contributed by atoms with Crippen molar-refractivity contribution in [2.45, 2.75) is 38.0 Å². The molecule has 0 radical (unpaired) electrons. The number of nitrogens with one attached hydrogen (secondary N) is 1. The maximum atomic E-state index is 4.91. The van der Waals surface area contributed by atoms with Crippen LogP contribution in [-0.2, 0) is 0 Å². The van der Waals surface area contributed by atoms with Gasteiger partial charge in [-0.2, -0.15) is 0 Å². The molecule has 0 atom stereocenters. The zero-order valence-corrected chi connectivity index (χ0v) is 11.0. The number of benzene rings is 2. The van der Waals surface area contributed by atoms with Crippen LogP contribution < -0.4 is 0 Å². The van der Waals surface area contributed by atoms with Crippen LogP contribution in [0.5, 0.6) is 0 Å². The lowest BCUT2D eigenvalue weighted by atomic mass is 9.89. The van der Waals surface area contributed by atoms with Gasteiger partial charge < -0.3 is 4.98 Å². The Kier molecular flexibility index (Phi) is 2.54. The van der Waals surface area contributed by atoms with Crippen LogP contribution in [0.4, 0.5) is 0 Å². The maximum absolute atomic E-state index is 4.91. The molecule has 0 saturated heterocycles. The Labute approximate surface area is 112 Å². The van der Waals surface area contributed by atoms with Crippen molar-refractivity contribution >= 4 is 21.8 Å². The zero-order valence-electron chi connectivity index (χ0n) is 11.0. The molecule has 1 aliphatic carbocycles. The molecule has 3 aromatic rings. The fourth-order valence-electron chi connectivity index (χ4n) is 3.33. The first-order valence-electron chi connectivity index (χ1n) is 7.29. The van der Waals surface area contributed by atoms with E-state index in [1.165, 1.54) is 54.2 Å². The minimum Gasteiger partial charge on any atom is -0.342 e. The summed E-state index contributed by atoms with van der Waals surface area (Å²) in [6.45, 7) is 0. The zero-order chi connectivity index (χ0) is 12.7. The molecule has 0 amide bonds. The van der Waals surface area contributed by atoms with Gasteiger partial charge in [0.05, 0.1) is 11.0 Å². The average molecular weight is 250 g/mol. The van der Waals surface area contributed by atoms with Gasteiger partial charge in [0.2, 0.25) is 0 Å². The average Bonchev–Trinajstić information content (AvgIpc) is 2.93. The molecular formula is C17H18N2. The van der Waals surface area contributed by atoms with E-state index in [-0.39, 0.29) is 0 Å². The van der Waals surface area contributed by atoms with Gasteiger partial charge in [0.15, 0.2) is 0 Å². The number of H-pyrrole nitrogens is 1. The second-order valence-corrected chi connectivity index (χ2v) is 5.64. The van der Waals surface area contributed by atoms with E-state index >= 15 is 0 Å². The fraction of sp³-hybridized carbons (Fsp3) is 0.353. The number of hydrogen-bond donors (Lipinski definition) is 1. The van der Waals surface area contributed by atoms with E-state index in [1.807, 2.05) is 0 Å². The van der Waals surface area contributed by atoms with Crippen molar-refractivity contribution in [3.63, 3.8) is 0 Å². The van der Waals surface area contributed by atoms with Crippen LogP contribution in [-0.4, -0.2) is 9.97 Å². The highest BCUT2D eigenvalue weighted by atomic mass is 14.9. The monoisotopic (exact) mass is 250 g/mol. The summed E-state index contributed by atoms with van der Waals surface area (Å²) in [5.41, 5.74) is 2.32. The minimum absolute atomic E-state index is 0.639. The van der Waals surface area contributed by atoms with Gasteiger partial charge in [-0.1, -0.05) is 49.6 Å². The lowest BCUT2D eigenvalue weighted by molar-refractivity contribution is 0.431. The second-order valence-electron chi connectivity index (χ2n) is 5.64. The molecule has 1 heterocycles. The van der Waals surface area contributed by atoms with Crippen LogP contribution in [0.2, 0.25) is 0 Å². The lowest BCUT2D eigenvalue weighted by Crippen LogP contribution is -2.05. The van der Waals surface area contributed by atoms with E-state index in [9.17, 15) is 0 Å². The molecule has 0 unspecified atom stereocenters. The third-order valence-corrected chi connectivity index (χ3v) is 4.39. The van der Waals surface area contributed by atoms with E-state index in [1.54, 1.807) is 0 Å². The molecule has 1 aromatic heterocycles. The van der Waals surface area contributed by atoms with Crippen molar-refractivity contribution < 1.29 is 0 Å². The summed E-state index contributed by atoms with van der Waals surface area (Å²) in [4.78, 5) is 8.46. The van der Waals surface area contributed by atoms with E-state index in [4.69, 9.17) is 4.98 Å². The molecule has 2 heteroatoms. The summed E-state index contributed by atoms with van der Waals surface area (Å²) in [6, 6.07) is 12.9. The number of aromatic nitrogens is 2. The summed E-state index contributed by atoms with van der Waals surface area (Å²) in [5.74, 6) is 1.84. The predicted octanol–water partition coefficient (Wildman–Crippen LogP) is 4.76. The van der Waals surface area contributed by atoms with Crippen LogP contribution in [0.25, 0.3) is 21.8 Å². The van der Waals surface area contributed by atoms with Crippen molar-refractivity contribution in [2.75, 3.05) is 0 Å². The van der Waals surface area contributed by atoms with Crippen molar-refractivity contribution in [3.8, 4) is 0 Å². The summed E-state index contributed by atoms with van der Waals surface area (Å²) in [6.07, 6.45) is 6.67. The third kappa shape index (κ3) is 1.83. The Balaban J connectivity index is 1.88. The Hall–Kier alpha value is -1.83. The summed E-state index contributed by atoms with van der Waals surface area (Å²) in [5, 5.41) is 2.54. The SMILES string of the molecule is c1ccc2c(c1)ccc1[nH]c(C3CCCCC3)nc12. The standard InChI is InChI=1S/C17H18N2/c1-2-7-13(8-3-1)17-18-15-11-10-12-6-4-5-9-14(12)16(15)19-17/h4-6,9-11,13H,1-3,7-8H2,(H,18,19). The molecular weight excluding hydrogens is 232 g/mol. The smallest absolute Gasteiger partial charge is 0.110 e. The fourth-order valence-corrected chi connectivity index (χ4v) is 3.33. The first-order chi connectivity index (χ1) is 9.42. The molecule has 1 aliphatic rings. The van der Waals surface area contributed by atoms with E-state index < -0.39 is 0 Å². The number of aromatic amines is 1. The van der Waals surface area contributed by atoms with Crippen molar-refractivity contribution in [1.29, 1.82) is 0 Å². The summed E-state index contributed by atoms with van der Waals surface area (Å²) < 4.78 is 0. The Morgan fingerprint density at radius 2 is 1.79 bits per heavy atom. The Morgan fingerprint density at radius 3 is 2.68 bits per heavy atom. The molecule has 4 rings (SSSR count). The van der Waals surface area contributed by atoms with Crippen LogP contribution >= 0.6 is 0 Å². The minimum atomic E-state index is 0.639. The van der Waals surface area contributed by atoms with Crippen molar-refractivity contribution in [1.82, 2.24) is 9.97 Å². The highest BCUT2D eigenvalue weighted by Crippen LogP contribution is 2.33. The van der Waals surface area contributed by atoms with E-state index in [0.29, 0.717) is 5.92 Å². The van der Waals surface area contributed by atoms with Crippen LogP contribution in [0, 0.1) is 0 Å². The van der Waals surface area contributed by atoms with Gasteiger partial charge in [0.1, 0.15) is 5.82 Å². The summed E-state index contributed by atoms with van der Waals surface area (Å²) in [7, 11) is 0. The van der Waals surface area contributed by atoms with Gasteiger partial charge in [0.25, 0.3) is 0 Å². The first-order valence-corrected chi connectivity index (χ1v) is 7.29. The molecule has 1 fully saturated rings. The van der Waals surface area contributed by atoms with Crippen LogP contribution in [0.15, 0.2) is 36.4 Å². The number of fused-ring (bicyclic) bond motifs is 3. The largest absolute Gasteiger partial charge is 0.342 e. The number of hydrogen-bond acceptors (Lipinski definition) is 1. The number of imidazole rings is 1. The number of nitrogens with zero attached hydrogens (tertiary/aromatic N) is 1. The summed E-state index contributed by atoms with van der Waals surface area (Å²) >= 11 is 0. The molecule has 1 N–H and O–H groups in total. The second kappa shape index (κ2) is 4.37. The Bertz CT molecular complexity index is 720. The highest BCUT2D eigenvalue weighted by molar-refractivity contribution is 6.04. The van der Waals surface area contributed by atoms with E-state index in [0.717, 1.165) is 5.52 Å². The lowest BCUT2D eigenvalue weighted by Gasteiger charge is -2.18. The molecule has 0 bridgehead atoms. The molecule has 19 heavy (non-hydrogen) atoms. The highest BCUT2D eigenvalue weighted by Gasteiger charge is 2.19. The first kappa shape index (κ1) is 11.0. The van der Waals surface area contributed by atoms with Gasteiger partial charge in [-0.3, -0.25) is 0 Å². The maximum Gasteiger partial charge on any atom is 0.110 e. The Morgan fingerprint density at radius 1 is 0.947 bits per heavy atom. The van der Waals surface area contributed by atoms with Crippen LogP contribution in [0.3, 0.4) is 0 Å². The van der Waals surface area contributed by atoms with Gasteiger partial charge in [-0.15, -0.1) is 0 Å². The predicted molar refractivity (Wildman–Crippen MR) is 79.4 cm³/mol. The molecule has 0 spiro atoms. The van der Waals surface area contributed by atoms with Gasteiger partial charge in [0, 0.05) is 11.3 Å². The normalized spacial score (nSPS) is 17.3. The van der Waals surface area contributed by atoms with Crippen molar-refractivity contribution in [2.24, 2.45) is 0 Å². The van der Waals surface area contributed by atoms with Gasteiger partial charge >= 0.3 is 0 Å². The quantitative estimate of drug-likeness (QED) is 0.662. The molecule has 2 aromatic carbocycles. The molecule has 2 nitrogen and oxygen atoms in total. The van der Waals surface area contributed by atoms with Gasteiger partial charge in [-0.25, -0.2) is 4.98 Å². The van der Waals surface area contributed by atoms with Crippen molar-refractivity contribution in [3.05, 3.63) is 42.2 Å². The van der Waals surface area contributed by atoms with Crippen LogP contribution in [0.1, 0.15) is 43.8 Å². The topological polar surface area (TPSA) is 28.7 Å². The van der Waals surface area contributed by atoms with E-state index in [2.05, 4.69) is 41.4 Å². The number of rotatable bonds is 1. The third-order valence-electron chi connectivity index (χ3n) is 4.39. The molecule has 1 saturated carbocycles. The van der Waals surface area contributed by atoms with Gasteiger partial charge in [-0.05, 0) is 24.3 Å². The molecule has 0 aliphatic heterocycles.